The Labute approximate surface area is 105 Å². The molecule has 2 heterocycles. The van der Waals surface area contributed by atoms with Gasteiger partial charge in [-0.3, -0.25) is 14.5 Å². The van der Waals surface area contributed by atoms with Crippen molar-refractivity contribution in [3.63, 3.8) is 0 Å². The van der Waals surface area contributed by atoms with Crippen LogP contribution < -0.4 is 5.73 Å². The van der Waals surface area contributed by atoms with E-state index in [9.17, 15) is 4.79 Å². The van der Waals surface area contributed by atoms with Gasteiger partial charge in [0.1, 0.15) is 0 Å². The Morgan fingerprint density at radius 1 is 1.50 bits per heavy atom. The Kier molecular flexibility index (Phi) is 2.40. The van der Waals surface area contributed by atoms with E-state index < -0.39 is 0 Å². The van der Waals surface area contributed by atoms with Gasteiger partial charge < -0.3 is 5.73 Å². The lowest BCUT2D eigenvalue weighted by Gasteiger charge is -2.08. The van der Waals surface area contributed by atoms with E-state index in [-0.39, 0.29) is 0 Å². The van der Waals surface area contributed by atoms with Gasteiger partial charge in [-0.1, -0.05) is 0 Å². The molecule has 0 amide bonds. The van der Waals surface area contributed by atoms with Crippen LogP contribution in [-0.2, 0) is 7.05 Å². The van der Waals surface area contributed by atoms with Gasteiger partial charge in [-0.2, -0.15) is 5.10 Å². The predicted octanol–water partition coefficient (Wildman–Crippen LogP) is 1.75. The van der Waals surface area contributed by atoms with E-state index in [1.165, 1.54) is 0 Å². The molecule has 3 rings (SSSR count). The van der Waals surface area contributed by atoms with E-state index in [0.29, 0.717) is 17.2 Å². The first kappa shape index (κ1) is 11.0. The summed E-state index contributed by atoms with van der Waals surface area (Å²) in [5, 5.41) is 4.12. The van der Waals surface area contributed by atoms with E-state index in [2.05, 4.69) is 10.1 Å². The number of rotatable bonds is 3. The summed E-state index contributed by atoms with van der Waals surface area (Å²) in [4.78, 5) is 15.7. The number of carbonyl (C=O) groups excluding carboxylic acids is 1. The number of anilines is 1. The third-order valence-electron chi connectivity index (χ3n) is 3.20. The van der Waals surface area contributed by atoms with E-state index in [4.69, 9.17) is 5.73 Å². The van der Waals surface area contributed by atoms with Crippen LogP contribution in [0.1, 0.15) is 34.8 Å². The van der Waals surface area contributed by atoms with Crippen LogP contribution in [-0.4, -0.2) is 21.1 Å². The van der Waals surface area contributed by atoms with Crippen LogP contribution in [0.4, 0.5) is 5.69 Å². The highest BCUT2D eigenvalue weighted by Crippen LogP contribution is 2.42. The molecule has 2 aromatic rings. The van der Waals surface area contributed by atoms with Crippen molar-refractivity contribution in [1.82, 2.24) is 14.8 Å². The molecule has 1 aliphatic rings. The van der Waals surface area contributed by atoms with E-state index in [1.54, 1.807) is 16.9 Å². The molecule has 0 aliphatic heterocycles. The van der Waals surface area contributed by atoms with Crippen molar-refractivity contribution in [2.75, 3.05) is 5.73 Å². The summed E-state index contributed by atoms with van der Waals surface area (Å²) >= 11 is 0. The van der Waals surface area contributed by atoms with Crippen LogP contribution in [0.5, 0.6) is 0 Å². The van der Waals surface area contributed by atoms with Crippen molar-refractivity contribution >= 4 is 12.0 Å². The van der Waals surface area contributed by atoms with Crippen LogP contribution in [0, 0.1) is 0 Å². The van der Waals surface area contributed by atoms with Crippen molar-refractivity contribution in [3.05, 3.63) is 29.7 Å². The summed E-state index contributed by atoms with van der Waals surface area (Å²) < 4.78 is 1.72. The zero-order valence-corrected chi connectivity index (χ0v) is 10.1. The number of hydrogen-bond acceptors (Lipinski definition) is 4. The molecule has 5 heteroatoms. The summed E-state index contributed by atoms with van der Waals surface area (Å²) in [6.07, 6.45) is 6.62. The second-order valence-corrected chi connectivity index (χ2v) is 4.69. The first-order valence-electron chi connectivity index (χ1n) is 5.93. The number of nitrogen functional groups attached to an aromatic ring is 1. The quantitative estimate of drug-likeness (QED) is 0.832. The number of aromatic nitrogens is 3. The maximum atomic E-state index is 11.1. The molecule has 0 atom stereocenters. The minimum Gasteiger partial charge on any atom is -0.398 e. The number of nitrogens with two attached hydrogens (primary N) is 1. The summed E-state index contributed by atoms with van der Waals surface area (Å²) in [6, 6.07) is 1.74. The number of aryl methyl sites for hydroxylation is 1. The van der Waals surface area contributed by atoms with E-state index >= 15 is 0 Å². The minimum absolute atomic E-state index is 0.393. The van der Waals surface area contributed by atoms with Gasteiger partial charge in [0.15, 0.2) is 6.29 Å². The SMILES string of the molecule is Cn1cc(-c2cc(N)c(C=O)c(C3CC3)n2)cn1. The molecule has 0 spiro atoms. The van der Waals surface area contributed by atoms with Gasteiger partial charge in [-0.25, -0.2) is 0 Å². The topological polar surface area (TPSA) is 73.8 Å². The van der Waals surface area contributed by atoms with Crippen LogP contribution in [0.15, 0.2) is 18.5 Å². The fourth-order valence-electron chi connectivity index (χ4n) is 2.09. The molecular weight excluding hydrogens is 228 g/mol. The van der Waals surface area contributed by atoms with Gasteiger partial charge in [-0.05, 0) is 18.9 Å². The summed E-state index contributed by atoms with van der Waals surface area (Å²) in [5.74, 6) is 0.393. The third kappa shape index (κ3) is 1.77. The van der Waals surface area contributed by atoms with Gasteiger partial charge >= 0.3 is 0 Å². The average molecular weight is 242 g/mol. The molecule has 0 radical (unpaired) electrons. The Hall–Kier alpha value is -2.17. The van der Waals surface area contributed by atoms with Crippen LogP contribution in [0.3, 0.4) is 0 Å². The molecule has 0 bridgehead atoms. The minimum atomic E-state index is 0.393. The highest BCUT2D eigenvalue weighted by Gasteiger charge is 2.29. The second kappa shape index (κ2) is 3.94. The van der Waals surface area contributed by atoms with Crippen molar-refractivity contribution in [2.24, 2.45) is 7.05 Å². The highest BCUT2D eigenvalue weighted by molar-refractivity contribution is 5.86. The molecule has 1 aliphatic carbocycles. The van der Waals surface area contributed by atoms with Crippen LogP contribution in [0.2, 0.25) is 0 Å². The molecule has 5 nitrogen and oxygen atoms in total. The summed E-state index contributed by atoms with van der Waals surface area (Å²) in [5.41, 5.74) is 9.53. The van der Waals surface area contributed by atoms with Crippen molar-refractivity contribution in [3.8, 4) is 11.3 Å². The fourth-order valence-corrected chi connectivity index (χ4v) is 2.09. The number of nitrogens with zero attached hydrogens (tertiary/aromatic N) is 3. The Morgan fingerprint density at radius 2 is 2.28 bits per heavy atom. The zero-order chi connectivity index (χ0) is 12.7. The third-order valence-corrected chi connectivity index (χ3v) is 3.20. The molecule has 0 unspecified atom stereocenters. The zero-order valence-electron chi connectivity index (χ0n) is 10.1. The summed E-state index contributed by atoms with van der Waals surface area (Å²) in [6.45, 7) is 0. The Balaban J connectivity index is 2.14. The normalized spacial score (nSPS) is 14.7. The first-order chi connectivity index (χ1) is 8.69. The first-order valence-corrected chi connectivity index (χ1v) is 5.93. The Morgan fingerprint density at radius 3 is 2.83 bits per heavy atom. The number of pyridine rings is 1. The fraction of sp³-hybridized carbons (Fsp3) is 0.308. The molecule has 92 valence electrons. The molecule has 2 aromatic heterocycles. The van der Waals surface area contributed by atoms with Crippen molar-refractivity contribution in [2.45, 2.75) is 18.8 Å². The van der Waals surface area contributed by atoms with Crippen LogP contribution >= 0.6 is 0 Å². The van der Waals surface area contributed by atoms with Gasteiger partial charge in [-0.15, -0.1) is 0 Å². The standard InChI is InChI=1S/C13H14N4O/c1-17-6-9(5-15-17)12-4-11(14)10(7-18)13(16-12)8-2-3-8/h4-8H,2-3H2,1H3,(H2,14,16). The molecule has 0 saturated heterocycles. The number of aldehydes is 1. The highest BCUT2D eigenvalue weighted by atomic mass is 16.1. The largest absolute Gasteiger partial charge is 0.398 e. The van der Waals surface area contributed by atoms with E-state index in [1.807, 2.05) is 13.2 Å². The van der Waals surface area contributed by atoms with Gasteiger partial charge in [0.25, 0.3) is 0 Å². The average Bonchev–Trinajstić information content (AvgIpc) is 3.10. The second-order valence-electron chi connectivity index (χ2n) is 4.69. The number of hydrogen-bond donors (Lipinski definition) is 1. The lowest BCUT2D eigenvalue weighted by molar-refractivity contribution is 0.112. The van der Waals surface area contributed by atoms with Gasteiger partial charge in [0, 0.05) is 30.4 Å². The Bertz CT molecular complexity index is 613. The van der Waals surface area contributed by atoms with Crippen LogP contribution in [0.25, 0.3) is 11.3 Å². The molecular formula is C13H14N4O. The van der Waals surface area contributed by atoms with Crippen molar-refractivity contribution < 1.29 is 4.79 Å². The predicted molar refractivity (Wildman–Crippen MR) is 68.2 cm³/mol. The number of carbonyl (C=O) groups is 1. The molecule has 18 heavy (non-hydrogen) atoms. The monoisotopic (exact) mass is 242 g/mol. The van der Waals surface area contributed by atoms with E-state index in [0.717, 1.165) is 36.1 Å². The maximum Gasteiger partial charge on any atom is 0.153 e. The lowest BCUT2D eigenvalue weighted by Crippen LogP contribution is -2.02. The lowest BCUT2D eigenvalue weighted by atomic mass is 10.1. The molecule has 2 N–H and O–H groups in total. The molecule has 1 fully saturated rings. The maximum absolute atomic E-state index is 11.1. The van der Waals surface area contributed by atoms with Gasteiger partial charge in [0.2, 0.25) is 0 Å². The smallest absolute Gasteiger partial charge is 0.153 e. The molecule has 0 aromatic carbocycles. The van der Waals surface area contributed by atoms with Crippen molar-refractivity contribution in [1.29, 1.82) is 0 Å². The van der Waals surface area contributed by atoms with Gasteiger partial charge in [0.05, 0.1) is 23.1 Å². The summed E-state index contributed by atoms with van der Waals surface area (Å²) in [7, 11) is 1.86. The molecule has 1 saturated carbocycles.